The second-order valence-corrected chi connectivity index (χ2v) is 3.50. The van der Waals surface area contributed by atoms with Crippen molar-refractivity contribution in [1.29, 1.82) is 0 Å². The summed E-state index contributed by atoms with van der Waals surface area (Å²) in [5, 5.41) is 9.59. The van der Waals surface area contributed by atoms with E-state index >= 15 is 0 Å². The number of benzene rings is 1. The fourth-order valence-electron chi connectivity index (χ4n) is 1.21. The fraction of sp³-hybridized carbons (Fsp3) is 0.417. The van der Waals surface area contributed by atoms with Gasteiger partial charge >= 0.3 is 5.97 Å². The molecular weight excluding hydrogens is 192 g/mol. The summed E-state index contributed by atoms with van der Waals surface area (Å²) in [5.41, 5.74) is 0.704. The summed E-state index contributed by atoms with van der Waals surface area (Å²) in [5.74, 6) is -0.00352. The summed E-state index contributed by atoms with van der Waals surface area (Å²) >= 11 is 0. The third kappa shape index (κ3) is 3.27. The SMILES string of the molecule is CCCCC(=O)Oc1cccc(C)c1O. The van der Waals surface area contributed by atoms with Crippen molar-refractivity contribution in [1.82, 2.24) is 0 Å². The van der Waals surface area contributed by atoms with Gasteiger partial charge in [0, 0.05) is 6.42 Å². The van der Waals surface area contributed by atoms with Crippen molar-refractivity contribution in [3.8, 4) is 11.5 Å². The van der Waals surface area contributed by atoms with Gasteiger partial charge in [-0.05, 0) is 25.0 Å². The Kier molecular flexibility index (Phi) is 4.16. The highest BCUT2D eigenvalue weighted by atomic mass is 16.5. The van der Waals surface area contributed by atoms with Crippen LogP contribution in [0.2, 0.25) is 0 Å². The first-order valence-electron chi connectivity index (χ1n) is 5.14. The van der Waals surface area contributed by atoms with E-state index in [-0.39, 0.29) is 17.5 Å². The van der Waals surface area contributed by atoms with Crippen LogP contribution in [-0.4, -0.2) is 11.1 Å². The van der Waals surface area contributed by atoms with Crippen LogP contribution in [0.4, 0.5) is 0 Å². The van der Waals surface area contributed by atoms with E-state index in [1.54, 1.807) is 25.1 Å². The summed E-state index contributed by atoms with van der Waals surface area (Å²) in [7, 11) is 0. The van der Waals surface area contributed by atoms with E-state index in [0.717, 1.165) is 12.8 Å². The molecule has 0 fully saturated rings. The lowest BCUT2D eigenvalue weighted by atomic mass is 10.2. The largest absolute Gasteiger partial charge is 0.504 e. The standard InChI is InChI=1S/C12H16O3/c1-3-4-8-11(13)15-10-7-5-6-9(2)12(10)14/h5-7,14H,3-4,8H2,1-2H3. The highest BCUT2D eigenvalue weighted by Gasteiger charge is 2.09. The lowest BCUT2D eigenvalue weighted by Gasteiger charge is -2.07. The van der Waals surface area contributed by atoms with Crippen LogP contribution >= 0.6 is 0 Å². The topological polar surface area (TPSA) is 46.5 Å². The number of hydrogen-bond acceptors (Lipinski definition) is 3. The van der Waals surface area contributed by atoms with Crippen LogP contribution < -0.4 is 4.74 Å². The average molecular weight is 208 g/mol. The molecule has 0 heterocycles. The van der Waals surface area contributed by atoms with Gasteiger partial charge in [0.25, 0.3) is 0 Å². The molecule has 82 valence electrons. The molecule has 0 bridgehead atoms. The van der Waals surface area contributed by atoms with Gasteiger partial charge < -0.3 is 9.84 Å². The van der Waals surface area contributed by atoms with Gasteiger partial charge in [-0.3, -0.25) is 4.79 Å². The van der Waals surface area contributed by atoms with Crippen molar-refractivity contribution in [3.63, 3.8) is 0 Å². The molecule has 0 atom stereocenters. The summed E-state index contributed by atoms with van der Waals surface area (Å²) < 4.78 is 5.04. The van der Waals surface area contributed by atoms with Crippen LogP contribution in [-0.2, 0) is 4.79 Å². The number of ether oxygens (including phenoxy) is 1. The molecule has 1 aromatic rings. The van der Waals surface area contributed by atoms with E-state index in [1.165, 1.54) is 0 Å². The second-order valence-electron chi connectivity index (χ2n) is 3.50. The minimum absolute atomic E-state index is 0.0438. The van der Waals surface area contributed by atoms with Crippen molar-refractivity contribution in [2.45, 2.75) is 33.1 Å². The van der Waals surface area contributed by atoms with E-state index < -0.39 is 0 Å². The van der Waals surface area contributed by atoms with Gasteiger partial charge in [-0.1, -0.05) is 25.5 Å². The van der Waals surface area contributed by atoms with Crippen LogP contribution in [0.1, 0.15) is 31.7 Å². The highest BCUT2D eigenvalue weighted by Crippen LogP contribution is 2.29. The second kappa shape index (κ2) is 5.39. The Labute approximate surface area is 89.7 Å². The number of carbonyl (C=O) groups excluding carboxylic acids is 1. The van der Waals surface area contributed by atoms with E-state index in [1.807, 2.05) is 6.92 Å². The van der Waals surface area contributed by atoms with Gasteiger partial charge in [-0.15, -0.1) is 0 Å². The molecule has 3 heteroatoms. The normalized spacial score (nSPS) is 10.0. The van der Waals surface area contributed by atoms with Crippen LogP contribution in [0, 0.1) is 6.92 Å². The molecule has 0 aliphatic carbocycles. The van der Waals surface area contributed by atoms with Crippen molar-refractivity contribution in [2.24, 2.45) is 0 Å². The molecule has 0 spiro atoms. The lowest BCUT2D eigenvalue weighted by Crippen LogP contribution is -2.07. The minimum atomic E-state index is -0.294. The number of esters is 1. The Morgan fingerprint density at radius 3 is 2.87 bits per heavy atom. The molecule has 0 aliphatic rings. The van der Waals surface area contributed by atoms with Crippen molar-refractivity contribution < 1.29 is 14.6 Å². The Hall–Kier alpha value is -1.51. The monoisotopic (exact) mass is 208 g/mol. The smallest absolute Gasteiger partial charge is 0.311 e. The van der Waals surface area contributed by atoms with Crippen LogP contribution in [0.3, 0.4) is 0 Å². The minimum Gasteiger partial charge on any atom is -0.504 e. The van der Waals surface area contributed by atoms with Gasteiger partial charge in [-0.2, -0.15) is 0 Å². The molecule has 0 aliphatic heterocycles. The number of aromatic hydroxyl groups is 1. The summed E-state index contributed by atoms with van der Waals surface area (Å²) in [6.07, 6.45) is 2.16. The first kappa shape index (κ1) is 11.6. The third-order valence-corrected chi connectivity index (χ3v) is 2.16. The maximum absolute atomic E-state index is 11.3. The molecule has 0 unspecified atom stereocenters. The number of para-hydroxylation sites is 1. The zero-order chi connectivity index (χ0) is 11.3. The van der Waals surface area contributed by atoms with E-state index in [4.69, 9.17) is 4.74 Å². The predicted octanol–water partition coefficient (Wildman–Crippen LogP) is 2.80. The fourth-order valence-corrected chi connectivity index (χ4v) is 1.21. The molecule has 0 saturated carbocycles. The molecule has 0 aromatic heterocycles. The van der Waals surface area contributed by atoms with Crippen molar-refractivity contribution in [2.75, 3.05) is 0 Å². The Balaban J connectivity index is 2.64. The van der Waals surface area contributed by atoms with Crippen LogP contribution in [0.5, 0.6) is 11.5 Å². The van der Waals surface area contributed by atoms with Crippen molar-refractivity contribution in [3.05, 3.63) is 23.8 Å². The molecule has 1 aromatic carbocycles. The molecule has 3 nitrogen and oxygen atoms in total. The summed E-state index contributed by atoms with van der Waals surface area (Å²) in [6.45, 7) is 3.77. The van der Waals surface area contributed by atoms with Gasteiger partial charge in [0.15, 0.2) is 11.5 Å². The van der Waals surface area contributed by atoms with Crippen LogP contribution in [0.25, 0.3) is 0 Å². The summed E-state index contributed by atoms with van der Waals surface area (Å²) in [4.78, 5) is 11.3. The quantitative estimate of drug-likeness (QED) is 0.611. The van der Waals surface area contributed by atoms with E-state index in [9.17, 15) is 9.90 Å². The first-order valence-corrected chi connectivity index (χ1v) is 5.14. The Morgan fingerprint density at radius 2 is 2.20 bits per heavy atom. The molecule has 1 N–H and O–H groups in total. The number of unbranched alkanes of at least 4 members (excludes halogenated alkanes) is 1. The molecule has 15 heavy (non-hydrogen) atoms. The lowest BCUT2D eigenvalue weighted by molar-refractivity contribution is -0.134. The summed E-state index contributed by atoms with van der Waals surface area (Å²) in [6, 6.07) is 5.10. The van der Waals surface area contributed by atoms with Gasteiger partial charge in [-0.25, -0.2) is 0 Å². The zero-order valence-corrected chi connectivity index (χ0v) is 9.12. The number of rotatable bonds is 4. The van der Waals surface area contributed by atoms with Crippen LogP contribution in [0.15, 0.2) is 18.2 Å². The first-order chi connectivity index (χ1) is 7.15. The average Bonchev–Trinajstić information content (AvgIpc) is 2.22. The Bertz CT molecular complexity index is 345. The molecule has 0 saturated heterocycles. The highest BCUT2D eigenvalue weighted by molar-refractivity contribution is 5.73. The van der Waals surface area contributed by atoms with Gasteiger partial charge in [0.2, 0.25) is 0 Å². The molecule has 0 radical (unpaired) electrons. The third-order valence-electron chi connectivity index (χ3n) is 2.16. The van der Waals surface area contributed by atoms with E-state index in [2.05, 4.69) is 0 Å². The number of hydrogen-bond donors (Lipinski definition) is 1. The number of aryl methyl sites for hydroxylation is 1. The van der Waals surface area contributed by atoms with E-state index in [0.29, 0.717) is 12.0 Å². The Morgan fingerprint density at radius 1 is 1.47 bits per heavy atom. The zero-order valence-electron chi connectivity index (χ0n) is 9.12. The molecule has 0 amide bonds. The maximum atomic E-state index is 11.3. The molecule has 1 rings (SSSR count). The van der Waals surface area contributed by atoms with Gasteiger partial charge in [0.05, 0.1) is 0 Å². The van der Waals surface area contributed by atoms with Crippen molar-refractivity contribution >= 4 is 5.97 Å². The number of phenolic OH excluding ortho intramolecular Hbond substituents is 1. The molecular formula is C12H16O3. The number of carbonyl (C=O) groups is 1. The maximum Gasteiger partial charge on any atom is 0.311 e. The van der Waals surface area contributed by atoms with Gasteiger partial charge in [0.1, 0.15) is 0 Å². The predicted molar refractivity (Wildman–Crippen MR) is 58.0 cm³/mol. The number of phenols is 1.